The number of halogens is 3. The van der Waals surface area contributed by atoms with Crippen LogP contribution in [0.3, 0.4) is 0 Å². The molecule has 0 spiro atoms. The summed E-state index contributed by atoms with van der Waals surface area (Å²) >= 11 is 0. The number of benzene rings is 1. The number of alkyl halides is 3. The van der Waals surface area contributed by atoms with E-state index in [0.717, 1.165) is 11.4 Å². The molecule has 21 heavy (non-hydrogen) atoms. The van der Waals surface area contributed by atoms with Crippen molar-refractivity contribution in [2.75, 3.05) is 24.3 Å². The van der Waals surface area contributed by atoms with E-state index in [2.05, 4.69) is 11.4 Å². The summed E-state index contributed by atoms with van der Waals surface area (Å²) in [4.78, 5) is 2.04. The molecule has 1 aliphatic carbocycles. The molecule has 2 nitrogen and oxygen atoms in total. The fraction of sp³-hybridized carbons (Fsp3) is 0.625. The highest BCUT2D eigenvalue weighted by Gasteiger charge is 2.41. The SMILES string of the molecule is Cc1ccc(NC2CCC(C(F)(F)F)CC2)cc1N(C)C. The van der Waals surface area contributed by atoms with Gasteiger partial charge in [-0.3, -0.25) is 0 Å². The molecular formula is C16H23F3N2. The van der Waals surface area contributed by atoms with Crippen molar-refractivity contribution >= 4 is 11.4 Å². The molecule has 0 aromatic heterocycles. The smallest absolute Gasteiger partial charge is 0.382 e. The number of nitrogens with zero attached hydrogens (tertiary/aromatic N) is 1. The van der Waals surface area contributed by atoms with E-state index in [0.29, 0.717) is 12.8 Å². The second kappa shape index (κ2) is 6.16. The molecular weight excluding hydrogens is 277 g/mol. The highest BCUT2D eigenvalue weighted by molar-refractivity contribution is 5.62. The van der Waals surface area contributed by atoms with Crippen molar-refractivity contribution in [2.45, 2.75) is 44.8 Å². The first-order valence-corrected chi connectivity index (χ1v) is 7.38. The largest absolute Gasteiger partial charge is 0.391 e. The van der Waals surface area contributed by atoms with E-state index in [-0.39, 0.29) is 18.9 Å². The minimum atomic E-state index is -4.03. The van der Waals surface area contributed by atoms with Crippen molar-refractivity contribution in [3.05, 3.63) is 23.8 Å². The Morgan fingerprint density at radius 3 is 2.24 bits per heavy atom. The summed E-state index contributed by atoms with van der Waals surface area (Å²) in [5.41, 5.74) is 3.30. The molecule has 2 rings (SSSR count). The molecule has 0 aliphatic heterocycles. The Morgan fingerprint density at radius 2 is 1.71 bits per heavy atom. The summed E-state index contributed by atoms with van der Waals surface area (Å²) in [6.45, 7) is 2.05. The van der Waals surface area contributed by atoms with Crippen LogP contribution in [0.4, 0.5) is 24.5 Å². The number of hydrogen-bond acceptors (Lipinski definition) is 2. The second-order valence-electron chi connectivity index (χ2n) is 6.13. The Balaban J connectivity index is 1.96. The van der Waals surface area contributed by atoms with Crippen LogP contribution < -0.4 is 10.2 Å². The molecule has 1 fully saturated rings. The zero-order valence-electron chi connectivity index (χ0n) is 12.8. The van der Waals surface area contributed by atoms with Crippen LogP contribution >= 0.6 is 0 Å². The molecule has 5 heteroatoms. The standard InChI is InChI=1S/C16H23F3N2/c1-11-4-7-14(10-15(11)21(2)3)20-13-8-5-12(6-9-13)16(17,18)19/h4,7,10,12-13,20H,5-6,8-9H2,1-3H3. The summed E-state index contributed by atoms with van der Waals surface area (Å²) in [6, 6.07) is 6.24. The van der Waals surface area contributed by atoms with Gasteiger partial charge >= 0.3 is 6.18 Å². The van der Waals surface area contributed by atoms with Gasteiger partial charge in [0.05, 0.1) is 5.92 Å². The molecule has 118 valence electrons. The van der Waals surface area contributed by atoms with Gasteiger partial charge in [0, 0.05) is 31.5 Å². The lowest BCUT2D eigenvalue weighted by molar-refractivity contribution is -0.182. The minimum absolute atomic E-state index is 0.140. The van der Waals surface area contributed by atoms with E-state index in [1.54, 1.807) is 0 Å². The van der Waals surface area contributed by atoms with Crippen LogP contribution in [0.2, 0.25) is 0 Å². The van der Waals surface area contributed by atoms with Crippen molar-refractivity contribution in [2.24, 2.45) is 5.92 Å². The van der Waals surface area contributed by atoms with Gasteiger partial charge in [-0.15, -0.1) is 0 Å². The quantitative estimate of drug-likeness (QED) is 0.878. The predicted octanol–water partition coefficient (Wildman–Crippen LogP) is 4.59. The van der Waals surface area contributed by atoms with E-state index in [1.165, 1.54) is 5.56 Å². The molecule has 0 bridgehead atoms. The number of anilines is 2. The Labute approximate surface area is 124 Å². The predicted molar refractivity (Wildman–Crippen MR) is 80.9 cm³/mol. The highest BCUT2D eigenvalue weighted by atomic mass is 19.4. The van der Waals surface area contributed by atoms with E-state index in [4.69, 9.17) is 0 Å². The van der Waals surface area contributed by atoms with Gasteiger partial charge in [0.15, 0.2) is 0 Å². The Morgan fingerprint density at radius 1 is 1.10 bits per heavy atom. The van der Waals surface area contributed by atoms with E-state index >= 15 is 0 Å². The van der Waals surface area contributed by atoms with Crippen molar-refractivity contribution < 1.29 is 13.2 Å². The summed E-state index contributed by atoms with van der Waals surface area (Å²) in [6.07, 6.45) is -2.42. The summed E-state index contributed by atoms with van der Waals surface area (Å²) in [5, 5.41) is 3.38. The van der Waals surface area contributed by atoms with Gasteiger partial charge in [-0.05, 0) is 50.3 Å². The first kappa shape index (κ1) is 16.0. The van der Waals surface area contributed by atoms with Gasteiger partial charge in [0.25, 0.3) is 0 Å². The molecule has 1 aromatic rings. The zero-order valence-corrected chi connectivity index (χ0v) is 12.8. The van der Waals surface area contributed by atoms with Crippen molar-refractivity contribution in [1.82, 2.24) is 0 Å². The fourth-order valence-corrected chi connectivity index (χ4v) is 2.98. The van der Waals surface area contributed by atoms with E-state index < -0.39 is 12.1 Å². The molecule has 0 saturated heterocycles. The summed E-state index contributed by atoms with van der Waals surface area (Å²) < 4.78 is 38.0. The third-order valence-corrected chi connectivity index (χ3v) is 4.25. The average Bonchev–Trinajstić information content (AvgIpc) is 2.40. The lowest BCUT2D eigenvalue weighted by atomic mass is 9.85. The lowest BCUT2D eigenvalue weighted by Crippen LogP contribution is -2.32. The summed E-state index contributed by atoms with van der Waals surface area (Å²) in [5.74, 6) is -1.12. The third-order valence-electron chi connectivity index (χ3n) is 4.25. The van der Waals surface area contributed by atoms with Crippen molar-refractivity contribution in [1.29, 1.82) is 0 Å². The van der Waals surface area contributed by atoms with Gasteiger partial charge in [-0.25, -0.2) is 0 Å². The molecule has 0 atom stereocenters. The van der Waals surface area contributed by atoms with Crippen LogP contribution in [0, 0.1) is 12.8 Å². The Hall–Kier alpha value is -1.39. The molecule has 0 radical (unpaired) electrons. The van der Waals surface area contributed by atoms with Gasteiger partial charge < -0.3 is 10.2 Å². The van der Waals surface area contributed by atoms with Gasteiger partial charge in [0.2, 0.25) is 0 Å². The summed E-state index contributed by atoms with van der Waals surface area (Å²) in [7, 11) is 3.97. The van der Waals surface area contributed by atoms with Gasteiger partial charge in [-0.1, -0.05) is 6.07 Å². The zero-order chi connectivity index (χ0) is 15.6. The molecule has 0 amide bonds. The minimum Gasteiger partial charge on any atom is -0.382 e. The topological polar surface area (TPSA) is 15.3 Å². The van der Waals surface area contributed by atoms with Crippen LogP contribution in [0.15, 0.2) is 18.2 Å². The number of aryl methyl sites for hydroxylation is 1. The number of rotatable bonds is 3. The second-order valence-corrected chi connectivity index (χ2v) is 6.13. The molecule has 1 N–H and O–H groups in total. The maximum atomic E-state index is 12.7. The first-order chi connectivity index (χ1) is 9.77. The Bertz CT molecular complexity index is 475. The maximum absolute atomic E-state index is 12.7. The van der Waals surface area contributed by atoms with Crippen LogP contribution in [-0.2, 0) is 0 Å². The third kappa shape index (κ3) is 4.05. The highest BCUT2D eigenvalue weighted by Crippen LogP contribution is 2.38. The van der Waals surface area contributed by atoms with Crippen LogP contribution in [-0.4, -0.2) is 26.3 Å². The number of nitrogens with one attached hydrogen (secondary N) is 1. The molecule has 1 aromatic carbocycles. The van der Waals surface area contributed by atoms with E-state index in [9.17, 15) is 13.2 Å². The molecule has 0 unspecified atom stereocenters. The van der Waals surface area contributed by atoms with Crippen LogP contribution in [0.5, 0.6) is 0 Å². The lowest BCUT2D eigenvalue weighted by Gasteiger charge is -2.31. The molecule has 0 heterocycles. The number of hydrogen-bond donors (Lipinski definition) is 1. The van der Waals surface area contributed by atoms with Gasteiger partial charge in [-0.2, -0.15) is 13.2 Å². The van der Waals surface area contributed by atoms with Crippen molar-refractivity contribution in [3.63, 3.8) is 0 Å². The molecule has 1 aliphatic rings. The van der Waals surface area contributed by atoms with E-state index in [1.807, 2.05) is 38.1 Å². The Kier molecular flexibility index (Phi) is 4.69. The normalized spacial score (nSPS) is 23.0. The van der Waals surface area contributed by atoms with Crippen LogP contribution in [0.1, 0.15) is 31.2 Å². The van der Waals surface area contributed by atoms with Gasteiger partial charge in [0.1, 0.15) is 0 Å². The average molecular weight is 300 g/mol. The monoisotopic (exact) mass is 300 g/mol. The maximum Gasteiger partial charge on any atom is 0.391 e. The fourth-order valence-electron chi connectivity index (χ4n) is 2.98. The first-order valence-electron chi connectivity index (χ1n) is 7.38. The van der Waals surface area contributed by atoms with Crippen molar-refractivity contribution in [3.8, 4) is 0 Å². The molecule has 1 saturated carbocycles. The van der Waals surface area contributed by atoms with Crippen LogP contribution in [0.25, 0.3) is 0 Å².